The number of carbonyl (C=O) groups is 3. The largest absolute Gasteiger partial charge is 0.465 e. The monoisotopic (exact) mass is 382 g/mol. The van der Waals surface area contributed by atoms with E-state index in [-0.39, 0.29) is 12.5 Å². The summed E-state index contributed by atoms with van der Waals surface area (Å²) in [4.78, 5) is 37.4. The Morgan fingerprint density at radius 2 is 1.54 bits per heavy atom. The lowest BCUT2D eigenvalue weighted by molar-refractivity contribution is -0.129. The van der Waals surface area contributed by atoms with E-state index in [9.17, 15) is 19.5 Å². The number of hydrogen-bond acceptors (Lipinski definition) is 3. The molecule has 148 valence electrons. The Kier molecular flexibility index (Phi) is 7.75. The first-order valence-corrected chi connectivity index (χ1v) is 9.25. The van der Waals surface area contributed by atoms with Crippen LogP contribution in [0, 0.1) is 5.92 Å². The Bertz CT molecular complexity index is 778. The van der Waals surface area contributed by atoms with Crippen LogP contribution in [-0.2, 0) is 22.6 Å². The maximum atomic E-state index is 12.9. The summed E-state index contributed by atoms with van der Waals surface area (Å²) in [7, 11) is 0. The van der Waals surface area contributed by atoms with Crippen LogP contribution in [0.5, 0.6) is 0 Å². The third-order valence-corrected chi connectivity index (χ3v) is 4.47. The van der Waals surface area contributed by atoms with Gasteiger partial charge in [-0.25, -0.2) is 4.79 Å². The Morgan fingerprint density at radius 1 is 1.00 bits per heavy atom. The molecule has 0 aliphatic rings. The van der Waals surface area contributed by atoms with E-state index in [1.165, 1.54) is 0 Å². The number of nitrogens with one attached hydrogen (secondary N) is 1. The fourth-order valence-electron chi connectivity index (χ4n) is 3.14. The van der Waals surface area contributed by atoms with E-state index in [2.05, 4.69) is 5.32 Å². The van der Waals surface area contributed by atoms with Crippen molar-refractivity contribution in [2.24, 2.45) is 5.92 Å². The van der Waals surface area contributed by atoms with Crippen LogP contribution < -0.4 is 5.32 Å². The number of carbonyl (C=O) groups excluding carboxylic acids is 2. The lowest BCUT2D eigenvalue weighted by Crippen LogP contribution is -2.54. The van der Waals surface area contributed by atoms with Gasteiger partial charge in [-0.05, 0) is 23.5 Å². The standard InChI is InChI=1S/C22H26N2O4/c1-16(2)20(24(22(27)28)14-18-11-7-4-8-12-18)21(26)23-19(15-25)13-17-9-5-3-6-10-17/h3-12,15-16,19-20H,13-14H2,1-2H3,(H,23,26)(H,27,28)/t19-,20-/m0/s1. The van der Waals surface area contributed by atoms with Crippen LogP contribution in [0.4, 0.5) is 4.79 Å². The highest BCUT2D eigenvalue weighted by molar-refractivity contribution is 5.87. The summed E-state index contributed by atoms with van der Waals surface area (Å²) in [6, 6.07) is 16.8. The molecular formula is C22H26N2O4. The second-order valence-electron chi connectivity index (χ2n) is 7.03. The molecule has 0 saturated heterocycles. The van der Waals surface area contributed by atoms with Crippen LogP contribution in [0.1, 0.15) is 25.0 Å². The summed E-state index contributed by atoms with van der Waals surface area (Å²) in [5.41, 5.74) is 1.71. The number of rotatable bonds is 9. The molecule has 0 aromatic heterocycles. The minimum Gasteiger partial charge on any atom is -0.465 e. The van der Waals surface area contributed by atoms with Crippen molar-refractivity contribution in [1.82, 2.24) is 10.2 Å². The van der Waals surface area contributed by atoms with E-state index in [0.29, 0.717) is 12.7 Å². The minimum absolute atomic E-state index is 0.0941. The van der Waals surface area contributed by atoms with Gasteiger partial charge in [0.2, 0.25) is 5.91 Å². The zero-order chi connectivity index (χ0) is 20.5. The van der Waals surface area contributed by atoms with Crippen molar-refractivity contribution in [3.05, 3.63) is 71.8 Å². The smallest absolute Gasteiger partial charge is 0.408 e. The fourth-order valence-corrected chi connectivity index (χ4v) is 3.14. The van der Waals surface area contributed by atoms with E-state index in [1.807, 2.05) is 60.7 Å². The lowest BCUT2D eigenvalue weighted by atomic mass is 9.99. The van der Waals surface area contributed by atoms with Crippen LogP contribution in [-0.4, -0.2) is 40.4 Å². The van der Waals surface area contributed by atoms with Gasteiger partial charge >= 0.3 is 6.09 Å². The summed E-state index contributed by atoms with van der Waals surface area (Å²) in [6.45, 7) is 3.67. The van der Waals surface area contributed by atoms with E-state index < -0.39 is 24.1 Å². The molecule has 0 unspecified atom stereocenters. The molecule has 0 spiro atoms. The summed E-state index contributed by atoms with van der Waals surface area (Å²) >= 11 is 0. The van der Waals surface area contributed by atoms with Crippen molar-refractivity contribution in [3.63, 3.8) is 0 Å². The Morgan fingerprint density at radius 3 is 2.00 bits per heavy atom. The predicted molar refractivity (Wildman–Crippen MR) is 107 cm³/mol. The van der Waals surface area contributed by atoms with E-state index in [0.717, 1.165) is 16.0 Å². The topological polar surface area (TPSA) is 86.7 Å². The summed E-state index contributed by atoms with van der Waals surface area (Å²) in [5.74, 6) is -0.731. The zero-order valence-corrected chi connectivity index (χ0v) is 16.1. The van der Waals surface area contributed by atoms with Gasteiger partial charge in [0.05, 0.1) is 6.04 Å². The first-order valence-electron chi connectivity index (χ1n) is 9.25. The molecule has 6 nitrogen and oxygen atoms in total. The molecule has 0 aliphatic carbocycles. The molecule has 2 atom stereocenters. The second kappa shape index (κ2) is 10.3. The van der Waals surface area contributed by atoms with Crippen molar-refractivity contribution in [3.8, 4) is 0 Å². The van der Waals surface area contributed by atoms with Crippen molar-refractivity contribution in [2.75, 3.05) is 0 Å². The average molecular weight is 382 g/mol. The van der Waals surface area contributed by atoms with Gasteiger partial charge < -0.3 is 15.2 Å². The third kappa shape index (κ3) is 5.94. The molecular weight excluding hydrogens is 356 g/mol. The molecule has 0 heterocycles. The van der Waals surface area contributed by atoms with Crippen LogP contribution in [0.2, 0.25) is 0 Å². The van der Waals surface area contributed by atoms with Crippen molar-refractivity contribution < 1.29 is 19.5 Å². The van der Waals surface area contributed by atoms with Gasteiger partial charge in [-0.15, -0.1) is 0 Å². The highest BCUT2D eigenvalue weighted by atomic mass is 16.4. The number of benzene rings is 2. The van der Waals surface area contributed by atoms with Gasteiger partial charge in [0.15, 0.2) is 0 Å². The molecule has 0 saturated carbocycles. The van der Waals surface area contributed by atoms with Gasteiger partial charge in [-0.1, -0.05) is 74.5 Å². The Labute approximate surface area is 165 Å². The van der Waals surface area contributed by atoms with Gasteiger partial charge in [-0.3, -0.25) is 9.69 Å². The molecule has 0 aliphatic heterocycles. The van der Waals surface area contributed by atoms with Crippen molar-refractivity contribution >= 4 is 18.3 Å². The van der Waals surface area contributed by atoms with E-state index >= 15 is 0 Å². The predicted octanol–water partition coefficient (Wildman–Crippen LogP) is 3.12. The van der Waals surface area contributed by atoms with E-state index in [4.69, 9.17) is 0 Å². The number of carboxylic acid groups (broad SMARTS) is 1. The second-order valence-corrected chi connectivity index (χ2v) is 7.03. The SMILES string of the molecule is CC(C)[C@@H](C(=O)N[C@H](C=O)Cc1ccccc1)N(Cc1ccccc1)C(=O)O. The van der Waals surface area contributed by atoms with Crippen LogP contribution in [0.25, 0.3) is 0 Å². The minimum atomic E-state index is -1.18. The average Bonchev–Trinajstić information content (AvgIpc) is 2.68. The first kappa shape index (κ1) is 21.2. The highest BCUT2D eigenvalue weighted by Gasteiger charge is 2.33. The van der Waals surface area contributed by atoms with E-state index in [1.54, 1.807) is 13.8 Å². The first-order chi connectivity index (χ1) is 13.4. The molecule has 6 heteroatoms. The maximum absolute atomic E-state index is 12.9. The normalized spacial score (nSPS) is 12.8. The van der Waals surface area contributed by atoms with Crippen LogP contribution in [0.15, 0.2) is 60.7 Å². The number of nitrogens with zero attached hydrogens (tertiary/aromatic N) is 1. The quantitative estimate of drug-likeness (QED) is 0.653. The molecule has 2 aromatic rings. The van der Waals surface area contributed by atoms with Crippen LogP contribution in [0.3, 0.4) is 0 Å². The lowest BCUT2D eigenvalue weighted by Gasteiger charge is -2.32. The molecule has 0 bridgehead atoms. The molecule has 2 amide bonds. The molecule has 0 fully saturated rings. The van der Waals surface area contributed by atoms with Gasteiger partial charge in [-0.2, -0.15) is 0 Å². The molecule has 2 rings (SSSR count). The van der Waals surface area contributed by atoms with Crippen molar-refractivity contribution in [1.29, 1.82) is 0 Å². The van der Waals surface area contributed by atoms with Crippen LogP contribution >= 0.6 is 0 Å². The number of hydrogen-bond donors (Lipinski definition) is 2. The fraction of sp³-hybridized carbons (Fsp3) is 0.318. The molecule has 2 N–H and O–H groups in total. The highest BCUT2D eigenvalue weighted by Crippen LogP contribution is 2.16. The van der Waals surface area contributed by atoms with Gasteiger partial charge in [0.25, 0.3) is 0 Å². The molecule has 2 aromatic carbocycles. The Balaban J connectivity index is 2.16. The summed E-state index contributed by atoms with van der Waals surface area (Å²) < 4.78 is 0. The third-order valence-electron chi connectivity index (χ3n) is 4.47. The summed E-state index contributed by atoms with van der Waals surface area (Å²) in [6.07, 6.45) is -0.138. The number of amides is 2. The summed E-state index contributed by atoms with van der Waals surface area (Å²) in [5, 5.41) is 12.4. The maximum Gasteiger partial charge on any atom is 0.408 e. The van der Waals surface area contributed by atoms with Gasteiger partial charge in [0, 0.05) is 6.54 Å². The number of aldehydes is 1. The van der Waals surface area contributed by atoms with Crippen molar-refractivity contribution in [2.45, 2.75) is 38.9 Å². The van der Waals surface area contributed by atoms with Gasteiger partial charge in [0.1, 0.15) is 12.3 Å². The molecule has 0 radical (unpaired) electrons. The molecule has 28 heavy (non-hydrogen) atoms. The zero-order valence-electron chi connectivity index (χ0n) is 16.1. The Hall–Kier alpha value is -3.15.